The summed E-state index contributed by atoms with van der Waals surface area (Å²) < 4.78 is 0. The van der Waals surface area contributed by atoms with Crippen molar-refractivity contribution in [3.63, 3.8) is 0 Å². The lowest BCUT2D eigenvalue weighted by Gasteiger charge is -2.09. The van der Waals surface area contributed by atoms with Crippen LogP contribution in [0.15, 0.2) is 29.8 Å². The Labute approximate surface area is 97.5 Å². The maximum absolute atomic E-state index is 5.78. The van der Waals surface area contributed by atoms with Gasteiger partial charge in [-0.2, -0.15) is 0 Å². The van der Waals surface area contributed by atoms with Gasteiger partial charge >= 0.3 is 0 Å². The zero-order chi connectivity index (χ0) is 11.4. The highest BCUT2D eigenvalue weighted by atomic mass is 14.9. The van der Waals surface area contributed by atoms with Gasteiger partial charge in [-0.3, -0.25) is 0 Å². The third kappa shape index (κ3) is 2.78. The Hall–Kier alpha value is -1.44. The molecule has 0 unspecified atom stereocenters. The van der Waals surface area contributed by atoms with E-state index in [9.17, 15) is 0 Å². The Bertz CT molecular complexity index is 394. The first-order chi connectivity index (χ1) is 7.75. The largest absolute Gasteiger partial charge is 0.399 e. The molecule has 1 aliphatic carbocycles. The third-order valence-corrected chi connectivity index (χ3v) is 3.18. The third-order valence-electron chi connectivity index (χ3n) is 3.18. The summed E-state index contributed by atoms with van der Waals surface area (Å²) in [5.41, 5.74) is 10.6. The molecule has 0 heterocycles. The van der Waals surface area contributed by atoms with Gasteiger partial charge in [-0.1, -0.05) is 11.6 Å². The fraction of sp³-hybridized carbons (Fsp3) is 0.429. The summed E-state index contributed by atoms with van der Waals surface area (Å²) in [6.45, 7) is 3.06. The maximum Gasteiger partial charge on any atom is 0.0345 e. The van der Waals surface area contributed by atoms with E-state index in [4.69, 9.17) is 5.73 Å². The summed E-state index contributed by atoms with van der Waals surface area (Å²) in [7, 11) is 0. The van der Waals surface area contributed by atoms with E-state index in [2.05, 4.69) is 17.5 Å². The highest BCUT2D eigenvalue weighted by molar-refractivity contribution is 5.56. The van der Waals surface area contributed by atoms with Crippen molar-refractivity contribution in [3.05, 3.63) is 35.4 Å². The molecule has 2 rings (SSSR count). The van der Waals surface area contributed by atoms with Gasteiger partial charge in [0.05, 0.1) is 0 Å². The van der Waals surface area contributed by atoms with E-state index < -0.39 is 0 Å². The molecule has 86 valence electrons. The molecule has 0 atom stereocenters. The number of hydrogen-bond donors (Lipinski definition) is 2. The zero-order valence-corrected chi connectivity index (χ0v) is 9.92. The number of hydrogen-bond acceptors (Lipinski definition) is 2. The number of aryl methyl sites for hydroxylation is 1. The van der Waals surface area contributed by atoms with Gasteiger partial charge < -0.3 is 11.1 Å². The molecule has 0 aliphatic heterocycles. The number of anilines is 2. The first-order valence-corrected chi connectivity index (χ1v) is 6.03. The van der Waals surface area contributed by atoms with Crippen LogP contribution in [0, 0.1) is 6.92 Å². The van der Waals surface area contributed by atoms with Crippen LogP contribution in [0.5, 0.6) is 0 Å². The van der Waals surface area contributed by atoms with Crippen molar-refractivity contribution >= 4 is 11.4 Å². The average molecular weight is 216 g/mol. The number of rotatable bonds is 4. The van der Waals surface area contributed by atoms with E-state index in [1.165, 1.54) is 31.4 Å². The summed E-state index contributed by atoms with van der Waals surface area (Å²) in [6, 6.07) is 6.12. The molecule has 0 radical (unpaired) electrons. The van der Waals surface area contributed by atoms with Gasteiger partial charge in [0.15, 0.2) is 0 Å². The SMILES string of the molecule is Cc1cc(NCCC2=CCCC2)ccc1N. The molecule has 0 fully saturated rings. The molecule has 0 saturated carbocycles. The van der Waals surface area contributed by atoms with Crippen LogP contribution in [0.2, 0.25) is 0 Å². The van der Waals surface area contributed by atoms with Crippen molar-refractivity contribution in [1.29, 1.82) is 0 Å². The topological polar surface area (TPSA) is 38.0 Å². The highest BCUT2D eigenvalue weighted by Crippen LogP contribution is 2.21. The fourth-order valence-corrected chi connectivity index (χ4v) is 2.12. The number of nitrogen functional groups attached to an aromatic ring is 1. The first-order valence-electron chi connectivity index (χ1n) is 6.03. The smallest absolute Gasteiger partial charge is 0.0345 e. The van der Waals surface area contributed by atoms with Crippen LogP contribution >= 0.6 is 0 Å². The van der Waals surface area contributed by atoms with E-state index in [1.807, 2.05) is 19.1 Å². The van der Waals surface area contributed by atoms with Crippen molar-refractivity contribution in [2.75, 3.05) is 17.6 Å². The lowest BCUT2D eigenvalue weighted by molar-refractivity contribution is 0.863. The Morgan fingerprint density at radius 1 is 1.38 bits per heavy atom. The van der Waals surface area contributed by atoms with Crippen LogP contribution in [0.3, 0.4) is 0 Å². The molecule has 0 saturated heterocycles. The summed E-state index contributed by atoms with van der Waals surface area (Å²) in [6.07, 6.45) is 7.47. The van der Waals surface area contributed by atoms with E-state index in [1.54, 1.807) is 5.57 Å². The molecule has 0 aromatic heterocycles. The lowest BCUT2D eigenvalue weighted by Crippen LogP contribution is -2.03. The highest BCUT2D eigenvalue weighted by Gasteiger charge is 2.03. The fourth-order valence-electron chi connectivity index (χ4n) is 2.12. The zero-order valence-electron chi connectivity index (χ0n) is 9.92. The molecule has 3 N–H and O–H groups in total. The minimum Gasteiger partial charge on any atom is -0.399 e. The van der Waals surface area contributed by atoms with Crippen molar-refractivity contribution in [2.45, 2.75) is 32.6 Å². The second kappa shape index (κ2) is 5.06. The predicted molar refractivity (Wildman–Crippen MR) is 70.6 cm³/mol. The van der Waals surface area contributed by atoms with Gasteiger partial charge in [0, 0.05) is 17.9 Å². The van der Waals surface area contributed by atoms with Crippen molar-refractivity contribution in [1.82, 2.24) is 0 Å². The van der Waals surface area contributed by atoms with E-state index in [0.29, 0.717) is 0 Å². The molecular formula is C14H20N2. The summed E-state index contributed by atoms with van der Waals surface area (Å²) in [5, 5.41) is 3.44. The minimum atomic E-state index is 0.865. The Kier molecular flexibility index (Phi) is 3.50. The number of nitrogens with two attached hydrogens (primary N) is 1. The van der Waals surface area contributed by atoms with E-state index in [0.717, 1.165) is 17.8 Å². The molecule has 1 aliphatic rings. The van der Waals surface area contributed by atoms with Crippen LogP contribution in [-0.2, 0) is 0 Å². The molecule has 16 heavy (non-hydrogen) atoms. The Morgan fingerprint density at radius 3 is 2.94 bits per heavy atom. The van der Waals surface area contributed by atoms with Gasteiger partial charge in [0.1, 0.15) is 0 Å². The Balaban J connectivity index is 1.82. The van der Waals surface area contributed by atoms with Gasteiger partial charge in [-0.15, -0.1) is 0 Å². The maximum atomic E-state index is 5.78. The van der Waals surface area contributed by atoms with Gasteiger partial charge in [0.25, 0.3) is 0 Å². The van der Waals surface area contributed by atoms with Crippen LogP contribution in [-0.4, -0.2) is 6.54 Å². The quantitative estimate of drug-likeness (QED) is 0.597. The molecule has 2 heteroatoms. The predicted octanol–water partition coefficient (Wildman–Crippen LogP) is 3.49. The van der Waals surface area contributed by atoms with E-state index in [-0.39, 0.29) is 0 Å². The van der Waals surface area contributed by atoms with Gasteiger partial charge in [-0.25, -0.2) is 0 Å². The van der Waals surface area contributed by atoms with Crippen molar-refractivity contribution in [3.8, 4) is 0 Å². The van der Waals surface area contributed by atoms with Crippen molar-refractivity contribution < 1.29 is 0 Å². The van der Waals surface area contributed by atoms with Crippen LogP contribution < -0.4 is 11.1 Å². The molecule has 1 aromatic rings. The lowest BCUT2D eigenvalue weighted by atomic mass is 10.1. The molecular weight excluding hydrogens is 196 g/mol. The second-order valence-corrected chi connectivity index (χ2v) is 4.50. The standard InChI is InChI=1S/C14H20N2/c1-11-10-13(6-7-14(11)15)16-9-8-12-4-2-3-5-12/h4,6-7,10,16H,2-3,5,8-9,15H2,1H3. The van der Waals surface area contributed by atoms with Crippen LogP contribution in [0.25, 0.3) is 0 Å². The summed E-state index contributed by atoms with van der Waals surface area (Å²) in [4.78, 5) is 0. The van der Waals surface area contributed by atoms with Crippen molar-refractivity contribution in [2.24, 2.45) is 0 Å². The first kappa shape index (κ1) is 11.1. The number of nitrogens with one attached hydrogen (secondary N) is 1. The molecule has 1 aromatic carbocycles. The normalized spacial score (nSPS) is 14.9. The monoisotopic (exact) mass is 216 g/mol. The van der Waals surface area contributed by atoms with Gasteiger partial charge in [0.2, 0.25) is 0 Å². The second-order valence-electron chi connectivity index (χ2n) is 4.50. The van der Waals surface area contributed by atoms with Crippen LogP contribution in [0.4, 0.5) is 11.4 Å². The van der Waals surface area contributed by atoms with E-state index >= 15 is 0 Å². The average Bonchev–Trinajstić information content (AvgIpc) is 2.76. The van der Waals surface area contributed by atoms with Crippen LogP contribution in [0.1, 0.15) is 31.2 Å². The molecule has 0 spiro atoms. The Morgan fingerprint density at radius 2 is 2.25 bits per heavy atom. The minimum absolute atomic E-state index is 0.865. The molecule has 2 nitrogen and oxygen atoms in total. The summed E-state index contributed by atoms with van der Waals surface area (Å²) in [5.74, 6) is 0. The molecule has 0 amide bonds. The summed E-state index contributed by atoms with van der Waals surface area (Å²) >= 11 is 0. The number of benzene rings is 1. The molecule has 0 bridgehead atoms. The number of allylic oxidation sites excluding steroid dienone is 1. The van der Waals surface area contributed by atoms with Gasteiger partial charge in [-0.05, 0) is 56.4 Å².